The number of nitrogens with zero attached hydrogens (tertiary/aromatic N) is 2. The van der Waals surface area contributed by atoms with E-state index in [1.54, 1.807) is 11.0 Å². The van der Waals surface area contributed by atoms with E-state index in [1.165, 1.54) is 0 Å². The van der Waals surface area contributed by atoms with Gasteiger partial charge in [-0.3, -0.25) is 9.59 Å². The first-order valence-electron chi connectivity index (χ1n) is 8.35. The molecule has 1 aromatic heterocycles. The molecule has 0 bridgehead atoms. The summed E-state index contributed by atoms with van der Waals surface area (Å²) in [5, 5.41) is 2.80. The Morgan fingerprint density at radius 2 is 2.08 bits per heavy atom. The average Bonchev–Trinajstić information content (AvgIpc) is 2.97. The van der Waals surface area contributed by atoms with Gasteiger partial charge in [0.25, 0.3) is 0 Å². The molecule has 1 aliphatic heterocycles. The number of para-hydroxylation sites is 2. The SMILES string of the molecule is CCOc1ccccc1N1CC(C(=O)Nc2cccc(C)n2)CC1=O. The molecule has 25 heavy (non-hydrogen) atoms. The van der Waals surface area contributed by atoms with E-state index in [1.807, 2.05) is 50.2 Å². The third kappa shape index (κ3) is 3.79. The summed E-state index contributed by atoms with van der Waals surface area (Å²) >= 11 is 0. The Morgan fingerprint density at radius 3 is 2.84 bits per heavy atom. The number of nitrogens with one attached hydrogen (secondary N) is 1. The minimum absolute atomic E-state index is 0.0792. The summed E-state index contributed by atoms with van der Waals surface area (Å²) in [5.41, 5.74) is 1.53. The van der Waals surface area contributed by atoms with Gasteiger partial charge in [0, 0.05) is 18.7 Å². The molecule has 2 heterocycles. The summed E-state index contributed by atoms with van der Waals surface area (Å²) in [4.78, 5) is 30.8. The van der Waals surface area contributed by atoms with Gasteiger partial charge < -0.3 is 15.0 Å². The van der Waals surface area contributed by atoms with E-state index in [4.69, 9.17) is 4.74 Å². The molecule has 6 heteroatoms. The first-order valence-corrected chi connectivity index (χ1v) is 8.35. The van der Waals surface area contributed by atoms with Crippen molar-refractivity contribution in [2.75, 3.05) is 23.4 Å². The van der Waals surface area contributed by atoms with Crippen LogP contribution in [0.4, 0.5) is 11.5 Å². The van der Waals surface area contributed by atoms with Crippen LogP contribution in [0.25, 0.3) is 0 Å². The highest BCUT2D eigenvalue weighted by Gasteiger charge is 2.36. The van der Waals surface area contributed by atoms with Gasteiger partial charge in [-0.1, -0.05) is 18.2 Å². The van der Waals surface area contributed by atoms with E-state index >= 15 is 0 Å². The maximum Gasteiger partial charge on any atom is 0.230 e. The Kier molecular flexibility index (Phi) is 4.97. The topological polar surface area (TPSA) is 71.5 Å². The van der Waals surface area contributed by atoms with Crippen LogP contribution in [0.15, 0.2) is 42.5 Å². The fourth-order valence-corrected chi connectivity index (χ4v) is 2.91. The van der Waals surface area contributed by atoms with Crippen LogP contribution >= 0.6 is 0 Å². The molecule has 6 nitrogen and oxygen atoms in total. The summed E-state index contributed by atoms with van der Waals surface area (Å²) < 4.78 is 5.60. The number of aromatic nitrogens is 1. The van der Waals surface area contributed by atoms with Crippen LogP contribution in [0.2, 0.25) is 0 Å². The van der Waals surface area contributed by atoms with E-state index < -0.39 is 5.92 Å². The van der Waals surface area contributed by atoms with E-state index in [0.717, 1.165) is 5.69 Å². The third-order valence-corrected chi connectivity index (χ3v) is 4.09. The number of benzene rings is 1. The lowest BCUT2D eigenvalue weighted by atomic mass is 10.1. The zero-order valence-electron chi connectivity index (χ0n) is 14.4. The van der Waals surface area contributed by atoms with E-state index in [-0.39, 0.29) is 18.2 Å². The summed E-state index contributed by atoms with van der Waals surface area (Å²) in [7, 11) is 0. The number of carbonyl (C=O) groups is 2. The van der Waals surface area contributed by atoms with Gasteiger partial charge in [-0.15, -0.1) is 0 Å². The van der Waals surface area contributed by atoms with Crippen molar-refractivity contribution >= 4 is 23.3 Å². The minimum Gasteiger partial charge on any atom is -0.492 e. The zero-order chi connectivity index (χ0) is 17.8. The maximum atomic E-state index is 12.5. The van der Waals surface area contributed by atoms with Crippen molar-refractivity contribution in [2.24, 2.45) is 5.92 Å². The Bertz CT molecular complexity index is 791. The molecule has 130 valence electrons. The van der Waals surface area contributed by atoms with Crippen LogP contribution in [-0.2, 0) is 9.59 Å². The molecule has 2 aromatic rings. The lowest BCUT2D eigenvalue weighted by molar-refractivity contribution is -0.122. The van der Waals surface area contributed by atoms with Gasteiger partial charge in [-0.05, 0) is 38.1 Å². The Labute approximate surface area is 146 Å². The van der Waals surface area contributed by atoms with Gasteiger partial charge >= 0.3 is 0 Å². The number of amides is 2. The molecule has 0 radical (unpaired) electrons. The number of hydrogen-bond acceptors (Lipinski definition) is 4. The monoisotopic (exact) mass is 339 g/mol. The van der Waals surface area contributed by atoms with Crippen LogP contribution in [0.5, 0.6) is 5.75 Å². The van der Waals surface area contributed by atoms with Crippen LogP contribution in [0.1, 0.15) is 19.0 Å². The third-order valence-electron chi connectivity index (χ3n) is 4.09. The highest BCUT2D eigenvalue weighted by atomic mass is 16.5. The molecule has 3 rings (SSSR count). The second kappa shape index (κ2) is 7.34. The summed E-state index contributed by atoms with van der Waals surface area (Å²) in [6, 6.07) is 12.8. The summed E-state index contributed by atoms with van der Waals surface area (Å²) in [6.45, 7) is 4.61. The molecule has 0 aliphatic carbocycles. The molecule has 1 unspecified atom stereocenters. The van der Waals surface area contributed by atoms with Gasteiger partial charge in [-0.25, -0.2) is 4.98 Å². The second-order valence-electron chi connectivity index (χ2n) is 5.96. The normalized spacial score (nSPS) is 16.8. The summed E-state index contributed by atoms with van der Waals surface area (Å²) in [5.74, 6) is 0.474. The van der Waals surface area contributed by atoms with Crippen LogP contribution < -0.4 is 15.0 Å². The molecular weight excluding hydrogens is 318 g/mol. The molecule has 2 amide bonds. The van der Waals surface area contributed by atoms with Gasteiger partial charge in [0.1, 0.15) is 11.6 Å². The van der Waals surface area contributed by atoms with Crippen molar-refractivity contribution in [1.29, 1.82) is 0 Å². The highest BCUT2D eigenvalue weighted by molar-refractivity contribution is 6.03. The van der Waals surface area contributed by atoms with Crippen LogP contribution in [0.3, 0.4) is 0 Å². The minimum atomic E-state index is -0.413. The molecule has 1 fully saturated rings. The largest absolute Gasteiger partial charge is 0.492 e. The summed E-state index contributed by atoms with van der Waals surface area (Å²) in [6.07, 6.45) is 0.179. The van der Waals surface area contributed by atoms with Crippen molar-refractivity contribution in [3.8, 4) is 5.75 Å². The molecule has 1 N–H and O–H groups in total. The second-order valence-corrected chi connectivity index (χ2v) is 5.96. The van der Waals surface area contributed by atoms with Gasteiger partial charge in [-0.2, -0.15) is 0 Å². The van der Waals surface area contributed by atoms with Crippen LogP contribution in [0, 0.1) is 12.8 Å². The van der Waals surface area contributed by atoms with Gasteiger partial charge in [0.2, 0.25) is 11.8 Å². The van der Waals surface area contributed by atoms with Crippen molar-refractivity contribution in [1.82, 2.24) is 4.98 Å². The molecule has 0 saturated carbocycles. The number of hydrogen-bond donors (Lipinski definition) is 1. The van der Waals surface area contributed by atoms with E-state index in [9.17, 15) is 9.59 Å². The quantitative estimate of drug-likeness (QED) is 0.909. The lowest BCUT2D eigenvalue weighted by Crippen LogP contribution is -2.28. The van der Waals surface area contributed by atoms with Crippen LogP contribution in [-0.4, -0.2) is 29.9 Å². The Balaban J connectivity index is 1.73. The van der Waals surface area contributed by atoms with Crippen molar-refractivity contribution in [3.05, 3.63) is 48.2 Å². The molecule has 1 atom stereocenters. The number of ether oxygens (including phenoxy) is 1. The first-order chi connectivity index (χ1) is 12.1. The highest BCUT2D eigenvalue weighted by Crippen LogP contribution is 2.33. The van der Waals surface area contributed by atoms with Gasteiger partial charge in [0.15, 0.2) is 0 Å². The maximum absolute atomic E-state index is 12.5. The van der Waals surface area contributed by atoms with Crippen molar-refractivity contribution < 1.29 is 14.3 Å². The lowest BCUT2D eigenvalue weighted by Gasteiger charge is -2.20. The number of anilines is 2. The predicted molar refractivity (Wildman–Crippen MR) is 95.7 cm³/mol. The van der Waals surface area contributed by atoms with Crippen molar-refractivity contribution in [3.63, 3.8) is 0 Å². The smallest absolute Gasteiger partial charge is 0.230 e. The zero-order valence-corrected chi connectivity index (χ0v) is 14.4. The number of rotatable bonds is 5. The Hall–Kier alpha value is -2.89. The average molecular weight is 339 g/mol. The molecular formula is C19H21N3O3. The van der Waals surface area contributed by atoms with E-state index in [0.29, 0.717) is 30.4 Å². The van der Waals surface area contributed by atoms with E-state index in [2.05, 4.69) is 10.3 Å². The number of carbonyl (C=O) groups excluding carboxylic acids is 2. The van der Waals surface area contributed by atoms with Crippen molar-refractivity contribution in [2.45, 2.75) is 20.3 Å². The number of aryl methyl sites for hydroxylation is 1. The molecule has 1 aliphatic rings. The van der Waals surface area contributed by atoms with Gasteiger partial charge in [0.05, 0.1) is 18.2 Å². The fraction of sp³-hybridized carbons (Fsp3) is 0.316. The molecule has 1 saturated heterocycles. The standard InChI is InChI=1S/C19H21N3O3/c1-3-25-16-9-5-4-8-15(16)22-12-14(11-18(22)23)19(24)21-17-10-6-7-13(2)20-17/h4-10,14H,3,11-12H2,1-2H3,(H,20,21,24). The predicted octanol–water partition coefficient (Wildman–Crippen LogP) is 2.78. The molecule has 0 spiro atoms. The Morgan fingerprint density at radius 1 is 1.28 bits per heavy atom. The fourth-order valence-electron chi connectivity index (χ4n) is 2.91. The molecule has 1 aromatic carbocycles. The first kappa shape index (κ1) is 17.0. The number of pyridine rings is 1.